The number of carbonyl (C=O) groups is 1. The van der Waals surface area contributed by atoms with E-state index in [2.05, 4.69) is 5.10 Å². The lowest BCUT2D eigenvalue weighted by Gasteiger charge is -2.34. The number of nitro groups is 1. The predicted octanol–water partition coefficient (Wildman–Crippen LogP) is 2.57. The standard InChI is InChI=1S/C21H27N5O5S/c1-21(2,3)25-18(14-16(22-25)15-8-9-15)20(27)23-10-12-24(13-11-23)32(30,31)19-7-5-4-6-17(19)26(28)29/h4-7,14-15H,8-13H2,1-3H3. The largest absolute Gasteiger partial charge is 0.335 e. The molecule has 172 valence electrons. The van der Waals surface area contributed by atoms with Crippen LogP contribution in [0.1, 0.15) is 55.7 Å². The van der Waals surface area contributed by atoms with Crippen LogP contribution in [0.25, 0.3) is 0 Å². The topological polar surface area (TPSA) is 119 Å². The zero-order valence-electron chi connectivity index (χ0n) is 18.4. The number of sulfonamides is 1. The van der Waals surface area contributed by atoms with Crippen molar-refractivity contribution in [3.05, 3.63) is 51.8 Å². The Bertz CT molecular complexity index is 1160. The van der Waals surface area contributed by atoms with Gasteiger partial charge < -0.3 is 4.90 Å². The summed E-state index contributed by atoms with van der Waals surface area (Å²) in [5.74, 6) is 0.232. The number of nitrogens with zero attached hydrogens (tertiary/aromatic N) is 5. The van der Waals surface area contributed by atoms with Crippen molar-refractivity contribution in [2.24, 2.45) is 0 Å². The fourth-order valence-electron chi connectivity index (χ4n) is 3.90. The van der Waals surface area contributed by atoms with Gasteiger partial charge in [-0.05, 0) is 45.7 Å². The lowest BCUT2D eigenvalue weighted by atomic mass is 10.1. The normalized spacial score (nSPS) is 18.0. The van der Waals surface area contributed by atoms with E-state index >= 15 is 0 Å². The van der Waals surface area contributed by atoms with E-state index < -0.39 is 20.6 Å². The fourth-order valence-corrected chi connectivity index (χ4v) is 5.48. The van der Waals surface area contributed by atoms with E-state index in [-0.39, 0.29) is 42.5 Å². The van der Waals surface area contributed by atoms with Crippen molar-refractivity contribution in [1.29, 1.82) is 0 Å². The molecule has 10 nitrogen and oxygen atoms in total. The third kappa shape index (κ3) is 4.14. The van der Waals surface area contributed by atoms with Crippen LogP contribution in [0.4, 0.5) is 5.69 Å². The van der Waals surface area contributed by atoms with Gasteiger partial charge in [-0.15, -0.1) is 0 Å². The maximum absolute atomic E-state index is 13.3. The van der Waals surface area contributed by atoms with Crippen molar-refractivity contribution in [2.45, 2.75) is 50.0 Å². The van der Waals surface area contributed by atoms with E-state index in [9.17, 15) is 23.3 Å². The van der Waals surface area contributed by atoms with Crippen LogP contribution >= 0.6 is 0 Å². The Labute approximate surface area is 187 Å². The monoisotopic (exact) mass is 461 g/mol. The number of amides is 1. The lowest BCUT2D eigenvalue weighted by molar-refractivity contribution is -0.387. The average molecular weight is 462 g/mol. The van der Waals surface area contributed by atoms with E-state index in [0.29, 0.717) is 11.6 Å². The van der Waals surface area contributed by atoms with Gasteiger partial charge in [0.05, 0.1) is 16.2 Å². The highest BCUT2D eigenvalue weighted by atomic mass is 32.2. The SMILES string of the molecule is CC(C)(C)n1nc(C2CC2)cc1C(=O)N1CCN(S(=O)(=O)c2ccccc2[N+](=O)[O-])CC1. The maximum atomic E-state index is 13.3. The molecule has 0 spiro atoms. The molecule has 1 aliphatic carbocycles. The summed E-state index contributed by atoms with van der Waals surface area (Å²) < 4.78 is 29.0. The molecular weight excluding hydrogens is 434 g/mol. The Balaban J connectivity index is 1.52. The molecule has 4 rings (SSSR count). The Hall–Kier alpha value is -2.79. The minimum Gasteiger partial charge on any atom is -0.335 e. The molecule has 0 unspecified atom stereocenters. The number of rotatable bonds is 5. The molecule has 1 saturated carbocycles. The third-order valence-corrected chi connectivity index (χ3v) is 7.73. The minimum atomic E-state index is -4.05. The molecule has 2 fully saturated rings. The molecule has 2 heterocycles. The van der Waals surface area contributed by atoms with Gasteiger partial charge in [0.15, 0.2) is 4.90 Å². The number of aromatic nitrogens is 2. The van der Waals surface area contributed by atoms with Gasteiger partial charge in [0, 0.05) is 38.2 Å². The second-order valence-electron chi connectivity index (χ2n) is 9.23. The van der Waals surface area contributed by atoms with Gasteiger partial charge in [-0.1, -0.05) is 12.1 Å². The third-order valence-electron chi connectivity index (χ3n) is 5.78. The summed E-state index contributed by atoms with van der Waals surface area (Å²) in [5.41, 5.74) is 0.623. The van der Waals surface area contributed by atoms with Crippen LogP contribution in [-0.4, -0.2) is 64.4 Å². The van der Waals surface area contributed by atoms with Crippen LogP contribution < -0.4 is 0 Å². The fraction of sp³-hybridized carbons (Fsp3) is 0.524. The average Bonchev–Trinajstić information content (AvgIpc) is 3.50. The summed E-state index contributed by atoms with van der Waals surface area (Å²) in [6.45, 7) is 6.51. The van der Waals surface area contributed by atoms with Crippen molar-refractivity contribution in [1.82, 2.24) is 19.0 Å². The van der Waals surface area contributed by atoms with Gasteiger partial charge in [-0.25, -0.2) is 8.42 Å². The van der Waals surface area contributed by atoms with Crippen molar-refractivity contribution < 1.29 is 18.1 Å². The summed E-state index contributed by atoms with van der Waals surface area (Å²) >= 11 is 0. The van der Waals surface area contributed by atoms with Gasteiger partial charge in [0.25, 0.3) is 11.6 Å². The van der Waals surface area contributed by atoms with E-state index in [0.717, 1.165) is 18.5 Å². The summed E-state index contributed by atoms with van der Waals surface area (Å²) in [6, 6.07) is 7.18. The van der Waals surface area contributed by atoms with Crippen LogP contribution in [-0.2, 0) is 15.6 Å². The highest BCUT2D eigenvalue weighted by Crippen LogP contribution is 2.40. The zero-order valence-corrected chi connectivity index (χ0v) is 19.2. The number of benzene rings is 1. The van der Waals surface area contributed by atoms with Crippen molar-refractivity contribution >= 4 is 21.6 Å². The van der Waals surface area contributed by atoms with Gasteiger partial charge >= 0.3 is 0 Å². The minimum absolute atomic E-state index is 0.0687. The summed E-state index contributed by atoms with van der Waals surface area (Å²) in [4.78, 5) is 25.2. The smallest absolute Gasteiger partial charge is 0.289 e. The molecule has 0 atom stereocenters. The van der Waals surface area contributed by atoms with Crippen LogP contribution in [0, 0.1) is 10.1 Å². The highest BCUT2D eigenvalue weighted by molar-refractivity contribution is 7.89. The molecule has 11 heteroatoms. The summed E-state index contributed by atoms with van der Waals surface area (Å²) in [6.07, 6.45) is 2.16. The number of para-hydroxylation sites is 1. The number of carbonyl (C=O) groups excluding carboxylic acids is 1. The van der Waals surface area contributed by atoms with Crippen LogP contribution in [0.5, 0.6) is 0 Å². The molecule has 1 aliphatic heterocycles. The summed E-state index contributed by atoms with van der Waals surface area (Å²) in [7, 11) is -4.05. The van der Waals surface area contributed by atoms with Crippen LogP contribution in [0.15, 0.2) is 35.2 Å². The molecule has 1 aromatic heterocycles. The number of piperazine rings is 1. The first-order valence-corrected chi connectivity index (χ1v) is 12.1. The van der Waals surface area contributed by atoms with Gasteiger partial charge in [0.2, 0.25) is 10.0 Å². The Morgan fingerprint density at radius 3 is 2.31 bits per heavy atom. The van der Waals surface area contributed by atoms with E-state index in [4.69, 9.17) is 0 Å². The highest BCUT2D eigenvalue weighted by Gasteiger charge is 2.37. The molecule has 2 aromatic rings. The first kappa shape index (κ1) is 22.4. The Kier molecular flexibility index (Phi) is 5.58. The molecule has 1 saturated heterocycles. The number of hydrogen-bond donors (Lipinski definition) is 0. The second-order valence-corrected chi connectivity index (χ2v) is 11.1. The first-order valence-electron chi connectivity index (χ1n) is 10.6. The Morgan fingerprint density at radius 2 is 1.75 bits per heavy atom. The quantitative estimate of drug-likeness (QED) is 0.499. The van der Waals surface area contributed by atoms with E-state index in [1.165, 1.54) is 28.6 Å². The van der Waals surface area contributed by atoms with E-state index in [1.807, 2.05) is 26.8 Å². The molecule has 32 heavy (non-hydrogen) atoms. The van der Waals surface area contributed by atoms with Crippen LogP contribution in [0.2, 0.25) is 0 Å². The van der Waals surface area contributed by atoms with Gasteiger partial charge in [0.1, 0.15) is 5.69 Å². The molecule has 0 bridgehead atoms. The molecule has 0 radical (unpaired) electrons. The van der Waals surface area contributed by atoms with Gasteiger partial charge in [-0.3, -0.25) is 19.6 Å². The van der Waals surface area contributed by atoms with Crippen molar-refractivity contribution in [3.63, 3.8) is 0 Å². The second kappa shape index (κ2) is 7.96. The predicted molar refractivity (Wildman–Crippen MR) is 117 cm³/mol. The molecule has 2 aliphatic rings. The molecule has 0 N–H and O–H groups in total. The number of nitro benzene ring substituents is 1. The van der Waals surface area contributed by atoms with Crippen molar-refractivity contribution in [3.8, 4) is 0 Å². The lowest BCUT2D eigenvalue weighted by Crippen LogP contribution is -2.51. The Morgan fingerprint density at radius 1 is 1.12 bits per heavy atom. The zero-order chi connectivity index (χ0) is 23.3. The van der Waals surface area contributed by atoms with Crippen molar-refractivity contribution in [2.75, 3.05) is 26.2 Å². The number of hydrogen-bond acceptors (Lipinski definition) is 6. The molecule has 1 aromatic carbocycles. The molecular formula is C21H27N5O5S. The maximum Gasteiger partial charge on any atom is 0.289 e. The van der Waals surface area contributed by atoms with Crippen LogP contribution in [0.3, 0.4) is 0 Å². The molecule has 1 amide bonds. The van der Waals surface area contributed by atoms with Gasteiger partial charge in [-0.2, -0.15) is 9.40 Å². The first-order chi connectivity index (χ1) is 15.0. The van der Waals surface area contributed by atoms with E-state index in [1.54, 1.807) is 9.58 Å². The summed E-state index contributed by atoms with van der Waals surface area (Å²) in [5, 5.41) is 16.0.